The first kappa shape index (κ1) is 14.2. The van der Waals surface area contributed by atoms with Crippen molar-refractivity contribution >= 4 is 17.6 Å². The highest BCUT2D eigenvalue weighted by molar-refractivity contribution is 5.96. The molecule has 0 aliphatic carbocycles. The Balaban J connectivity index is 2.81. The lowest BCUT2D eigenvalue weighted by Crippen LogP contribution is -2.32. The number of hydrogen-bond acceptors (Lipinski definition) is 2. The van der Waals surface area contributed by atoms with Gasteiger partial charge in [-0.1, -0.05) is 13.8 Å². The molecule has 0 spiro atoms. The van der Waals surface area contributed by atoms with Crippen molar-refractivity contribution in [1.29, 1.82) is 0 Å². The maximum absolute atomic E-state index is 13.1. The molecule has 0 aliphatic heterocycles. The Bertz CT molecular complexity index is 483. The van der Waals surface area contributed by atoms with Crippen molar-refractivity contribution in [2.75, 3.05) is 5.32 Å². The number of carboxylic acids is 1. The summed E-state index contributed by atoms with van der Waals surface area (Å²) in [6.07, 6.45) is -0.265. The lowest BCUT2D eigenvalue weighted by Gasteiger charge is -2.21. The van der Waals surface area contributed by atoms with Crippen LogP contribution in [0.4, 0.5) is 10.1 Å². The minimum absolute atomic E-state index is 0.265. The quantitative estimate of drug-likeness (QED) is 0.866. The molecule has 18 heavy (non-hydrogen) atoms. The van der Waals surface area contributed by atoms with Gasteiger partial charge in [-0.05, 0) is 30.7 Å². The highest BCUT2D eigenvalue weighted by Crippen LogP contribution is 2.23. The number of halogens is 1. The second-order valence-electron chi connectivity index (χ2n) is 4.87. The van der Waals surface area contributed by atoms with E-state index in [9.17, 15) is 14.0 Å². The fraction of sp³-hybridized carbons (Fsp3) is 0.385. The van der Waals surface area contributed by atoms with E-state index in [1.54, 1.807) is 20.8 Å². The third-order valence-electron chi connectivity index (χ3n) is 2.62. The predicted molar refractivity (Wildman–Crippen MR) is 65.8 cm³/mol. The fourth-order valence-corrected chi connectivity index (χ4v) is 1.48. The third-order valence-corrected chi connectivity index (χ3v) is 2.62. The van der Waals surface area contributed by atoms with Gasteiger partial charge in [-0.2, -0.15) is 0 Å². The Hall–Kier alpha value is -1.91. The van der Waals surface area contributed by atoms with Crippen molar-refractivity contribution in [3.8, 4) is 0 Å². The molecule has 0 unspecified atom stereocenters. The van der Waals surface area contributed by atoms with Crippen molar-refractivity contribution in [3.05, 3.63) is 29.6 Å². The molecule has 0 atom stereocenters. The first-order valence-corrected chi connectivity index (χ1v) is 5.52. The smallest absolute Gasteiger partial charge is 0.304 e. The van der Waals surface area contributed by atoms with Crippen LogP contribution >= 0.6 is 0 Å². The van der Waals surface area contributed by atoms with E-state index in [2.05, 4.69) is 5.32 Å². The van der Waals surface area contributed by atoms with Gasteiger partial charge in [0.2, 0.25) is 5.91 Å². The van der Waals surface area contributed by atoms with Gasteiger partial charge < -0.3 is 10.4 Å². The lowest BCUT2D eigenvalue weighted by molar-refractivity contribution is -0.142. The average Bonchev–Trinajstić information content (AvgIpc) is 2.21. The van der Waals surface area contributed by atoms with Crippen LogP contribution in [0.2, 0.25) is 0 Å². The van der Waals surface area contributed by atoms with E-state index in [1.807, 2.05) is 0 Å². The van der Waals surface area contributed by atoms with E-state index in [0.29, 0.717) is 11.3 Å². The number of nitrogens with one attached hydrogen (secondary N) is 1. The van der Waals surface area contributed by atoms with Gasteiger partial charge in [-0.3, -0.25) is 9.59 Å². The van der Waals surface area contributed by atoms with Gasteiger partial charge in [0.25, 0.3) is 0 Å². The number of rotatable bonds is 4. The summed E-state index contributed by atoms with van der Waals surface area (Å²) in [5.41, 5.74) is -0.144. The van der Waals surface area contributed by atoms with Crippen LogP contribution in [0, 0.1) is 18.2 Å². The number of carbonyl (C=O) groups excluding carboxylic acids is 1. The number of aryl methyl sites for hydroxylation is 1. The average molecular weight is 253 g/mol. The molecule has 5 heteroatoms. The first-order valence-electron chi connectivity index (χ1n) is 5.52. The van der Waals surface area contributed by atoms with Crippen LogP contribution < -0.4 is 5.32 Å². The molecular weight excluding hydrogens is 237 g/mol. The van der Waals surface area contributed by atoms with Gasteiger partial charge in [-0.25, -0.2) is 4.39 Å². The molecule has 0 radical (unpaired) electrons. The molecule has 2 N–H and O–H groups in total. The van der Waals surface area contributed by atoms with Crippen LogP contribution in [0.5, 0.6) is 0 Å². The van der Waals surface area contributed by atoms with Crippen LogP contribution in [0.3, 0.4) is 0 Å². The molecule has 0 saturated heterocycles. The maximum Gasteiger partial charge on any atom is 0.304 e. The van der Waals surface area contributed by atoms with Gasteiger partial charge in [-0.15, -0.1) is 0 Å². The standard InChI is InChI=1S/C13H16FNO3/c1-8-6-9(4-5-10(8)14)15-12(18)13(2,3)7-11(16)17/h4-6H,7H2,1-3H3,(H,15,18)(H,16,17). The molecule has 0 heterocycles. The van der Waals surface area contributed by atoms with Gasteiger partial charge in [0.15, 0.2) is 0 Å². The predicted octanol–water partition coefficient (Wildman–Crippen LogP) is 2.57. The van der Waals surface area contributed by atoms with Crippen LogP contribution in [0.25, 0.3) is 0 Å². The molecule has 1 amide bonds. The molecule has 4 nitrogen and oxygen atoms in total. The Morgan fingerprint density at radius 3 is 2.50 bits per heavy atom. The summed E-state index contributed by atoms with van der Waals surface area (Å²) in [5.74, 6) is -1.79. The summed E-state index contributed by atoms with van der Waals surface area (Å²) < 4.78 is 13.1. The Morgan fingerprint density at radius 1 is 1.39 bits per heavy atom. The number of aliphatic carboxylic acids is 1. The van der Waals surface area contributed by atoms with Crippen LogP contribution in [0.1, 0.15) is 25.8 Å². The van der Waals surface area contributed by atoms with E-state index in [0.717, 1.165) is 0 Å². The molecule has 0 fully saturated rings. The highest BCUT2D eigenvalue weighted by atomic mass is 19.1. The van der Waals surface area contributed by atoms with E-state index in [1.165, 1.54) is 18.2 Å². The first-order chi connectivity index (χ1) is 8.22. The zero-order chi connectivity index (χ0) is 13.9. The number of carbonyl (C=O) groups is 2. The fourth-order valence-electron chi connectivity index (χ4n) is 1.48. The summed E-state index contributed by atoms with van der Waals surface area (Å²) in [5, 5.41) is 11.3. The zero-order valence-corrected chi connectivity index (χ0v) is 10.6. The molecule has 0 bridgehead atoms. The second kappa shape index (κ2) is 5.16. The Labute approximate surface area is 105 Å². The molecule has 1 aromatic carbocycles. The molecule has 1 rings (SSSR count). The van der Waals surface area contributed by atoms with Gasteiger partial charge in [0.1, 0.15) is 5.82 Å². The van der Waals surface area contributed by atoms with Crippen LogP contribution in [-0.4, -0.2) is 17.0 Å². The van der Waals surface area contributed by atoms with Crippen LogP contribution in [-0.2, 0) is 9.59 Å². The maximum atomic E-state index is 13.1. The molecule has 0 aromatic heterocycles. The summed E-state index contributed by atoms with van der Waals surface area (Å²) in [4.78, 5) is 22.5. The third kappa shape index (κ3) is 3.55. The van der Waals surface area contributed by atoms with E-state index in [-0.39, 0.29) is 12.2 Å². The summed E-state index contributed by atoms with van der Waals surface area (Å²) in [6, 6.07) is 4.20. The molecular formula is C13H16FNO3. The number of amides is 1. The number of benzene rings is 1. The summed E-state index contributed by atoms with van der Waals surface area (Å²) in [7, 11) is 0. The number of anilines is 1. The van der Waals surface area contributed by atoms with Crippen molar-refractivity contribution in [1.82, 2.24) is 0 Å². The lowest BCUT2D eigenvalue weighted by atomic mass is 9.88. The minimum atomic E-state index is -1.04. The van der Waals surface area contributed by atoms with Gasteiger partial charge >= 0.3 is 5.97 Å². The SMILES string of the molecule is Cc1cc(NC(=O)C(C)(C)CC(=O)O)ccc1F. The van der Waals surface area contributed by atoms with E-state index < -0.39 is 17.3 Å². The minimum Gasteiger partial charge on any atom is -0.481 e. The number of carboxylic acid groups (broad SMARTS) is 1. The van der Waals surface area contributed by atoms with Gasteiger partial charge in [0.05, 0.1) is 11.8 Å². The highest BCUT2D eigenvalue weighted by Gasteiger charge is 2.30. The molecule has 0 saturated carbocycles. The van der Waals surface area contributed by atoms with E-state index in [4.69, 9.17) is 5.11 Å². The van der Waals surface area contributed by atoms with Gasteiger partial charge in [0, 0.05) is 5.69 Å². The molecule has 98 valence electrons. The molecule has 0 aliphatic rings. The zero-order valence-electron chi connectivity index (χ0n) is 10.6. The normalized spacial score (nSPS) is 11.1. The summed E-state index contributed by atoms with van der Waals surface area (Å²) >= 11 is 0. The van der Waals surface area contributed by atoms with Crippen molar-refractivity contribution in [2.45, 2.75) is 27.2 Å². The Morgan fingerprint density at radius 2 is 2.00 bits per heavy atom. The van der Waals surface area contributed by atoms with Crippen LogP contribution in [0.15, 0.2) is 18.2 Å². The second-order valence-corrected chi connectivity index (χ2v) is 4.87. The monoisotopic (exact) mass is 253 g/mol. The van der Waals surface area contributed by atoms with Crippen molar-refractivity contribution in [2.24, 2.45) is 5.41 Å². The Kier molecular flexibility index (Phi) is 4.06. The van der Waals surface area contributed by atoms with Crippen molar-refractivity contribution in [3.63, 3.8) is 0 Å². The topological polar surface area (TPSA) is 66.4 Å². The number of hydrogen-bond donors (Lipinski definition) is 2. The summed E-state index contributed by atoms with van der Waals surface area (Å²) in [6.45, 7) is 4.69. The largest absolute Gasteiger partial charge is 0.481 e. The van der Waals surface area contributed by atoms with Crippen molar-refractivity contribution < 1.29 is 19.1 Å². The van der Waals surface area contributed by atoms with E-state index >= 15 is 0 Å². The molecule has 1 aromatic rings.